The molecule has 0 aromatic heterocycles. The van der Waals surface area contributed by atoms with Crippen LogP contribution in [0.4, 0.5) is 0 Å². The summed E-state index contributed by atoms with van der Waals surface area (Å²) in [7, 11) is 0. The summed E-state index contributed by atoms with van der Waals surface area (Å²) < 4.78 is 0. The number of guanidine groups is 1. The third-order valence-electron chi connectivity index (χ3n) is 6.34. The van der Waals surface area contributed by atoms with Crippen LogP contribution in [0, 0.1) is 0 Å². The highest BCUT2D eigenvalue weighted by molar-refractivity contribution is 5.79. The number of rotatable bonds is 9. The first kappa shape index (κ1) is 23.0. The molecule has 1 saturated heterocycles. The normalized spacial score (nSPS) is 21.8. The van der Waals surface area contributed by atoms with Gasteiger partial charge in [-0.3, -0.25) is 9.89 Å². The van der Waals surface area contributed by atoms with Crippen molar-refractivity contribution in [1.29, 1.82) is 0 Å². The number of piperidine rings is 1. The molecule has 2 aliphatic heterocycles. The Labute approximate surface area is 182 Å². The molecule has 0 saturated carbocycles. The summed E-state index contributed by atoms with van der Waals surface area (Å²) >= 11 is 0. The number of hydrogen-bond donors (Lipinski definition) is 3. The van der Waals surface area contributed by atoms with Crippen molar-refractivity contribution in [3.05, 3.63) is 35.4 Å². The molecule has 6 heteroatoms. The highest BCUT2D eigenvalue weighted by Gasteiger charge is 2.19. The zero-order chi connectivity index (χ0) is 21.2. The van der Waals surface area contributed by atoms with Crippen LogP contribution < -0.4 is 10.6 Å². The Hall–Kier alpha value is -1.63. The van der Waals surface area contributed by atoms with Crippen LogP contribution in [0.25, 0.3) is 0 Å². The van der Waals surface area contributed by atoms with Gasteiger partial charge < -0.3 is 20.6 Å². The molecule has 1 aromatic carbocycles. The van der Waals surface area contributed by atoms with Crippen LogP contribution in [0.3, 0.4) is 0 Å². The second-order valence-corrected chi connectivity index (χ2v) is 8.79. The average Bonchev–Trinajstić information content (AvgIpc) is 2.76. The molecule has 2 aliphatic rings. The zero-order valence-electron chi connectivity index (χ0n) is 18.9. The van der Waals surface area contributed by atoms with Crippen molar-refractivity contribution in [2.45, 2.75) is 64.6 Å². The second-order valence-electron chi connectivity index (χ2n) is 8.79. The van der Waals surface area contributed by atoms with Gasteiger partial charge in [-0.05, 0) is 57.2 Å². The van der Waals surface area contributed by atoms with Gasteiger partial charge in [-0.15, -0.1) is 0 Å². The summed E-state index contributed by atoms with van der Waals surface area (Å²) in [5.41, 5.74) is 2.83. The number of aliphatic hydroxyl groups is 1. The van der Waals surface area contributed by atoms with Crippen LogP contribution in [0.15, 0.2) is 29.3 Å². The predicted octanol–water partition coefficient (Wildman–Crippen LogP) is 2.23. The fourth-order valence-electron chi connectivity index (χ4n) is 4.58. The number of β-amino-alcohol motifs (C(OH)–C–C–N with tert-alkyl or cyclic N) is 1. The lowest BCUT2D eigenvalue weighted by Crippen LogP contribution is -2.42. The standard InChI is InChI=1S/C24H41N5O/c1-3-25-24(26-13-8-15-29-14-7-6-9-20(29)2)27-17-23(30)19-28-16-12-21-10-4-5-11-22(21)18-28/h4-5,10-11,20,23,30H,3,6-9,12-19H2,1-2H3,(H2,25,26,27). The Balaban J connectivity index is 1.38. The maximum atomic E-state index is 10.5. The number of aliphatic imine (C=N–C) groups is 1. The van der Waals surface area contributed by atoms with Gasteiger partial charge in [0.05, 0.1) is 12.6 Å². The van der Waals surface area contributed by atoms with Crippen molar-refractivity contribution in [2.24, 2.45) is 4.99 Å². The van der Waals surface area contributed by atoms with Crippen molar-refractivity contribution in [1.82, 2.24) is 20.4 Å². The summed E-state index contributed by atoms with van der Waals surface area (Å²) in [6, 6.07) is 9.35. The first-order valence-corrected chi connectivity index (χ1v) is 11.9. The Morgan fingerprint density at radius 3 is 2.83 bits per heavy atom. The fraction of sp³-hybridized carbons (Fsp3) is 0.708. The number of aliphatic hydroxyl groups excluding tert-OH is 1. The first-order valence-electron chi connectivity index (χ1n) is 11.9. The van der Waals surface area contributed by atoms with Crippen molar-refractivity contribution in [2.75, 3.05) is 45.8 Å². The van der Waals surface area contributed by atoms with Crippen LogP contribution in [-0.2, 0) is 13.0 Å². The smallest absolute Gasteiger partial charge is 0.191 e. The number of hydrogen-bond acceptors (Lipinski definition) is 4. The van der Waals surface area contributed by atoms with E-state index in [0.717, 1.165) is 57.6 Å². The van der Waals surface area contributed by atoms with E-state index in [1.165, 1.54) is 36.9 Å². The van der Waals surface area contributed by atoms with Crippen molar-refractivity contribution < 1.29 is 5.11 Å². The van der Waals surface area contributed by atoms with Gasteiger partial charge in [-0.25, -0.2) is 0 Å². The molecule has 0 spiro atoms. The molecule has 0 bridgehead atoms. The summed E-state index contributed by atoms with van der Waals surface area (Å²) in [5, 5.41) is 17.3. The van der Waals surface area contributed by atoms with Crippen LogP contribution in [0.1, 0.15) is 50.7 Å². The Morgan fingerprint density at radius 1 is 1.20 bits per heavy atom. The topological polar surface area (TPSA) is 63.1 Å². The number of benzene rings is 1. The minimum atomic E-state index is -0.445. The monoisotopic (exact) mass is 415 g/mol. The molecule has 168 valence electrons. The Kier molecular flexibility index (Phi) is 9.43. The molecule has 30 heavy (non-hydrogen) atoms. The number of likely N-dealkylation sites (tertiary alicyclic amines) is 1. The Morgan fingerprint density at radius 2 is 2.03 bits per heavy atom. The second kappa shape index (κ2) is 12.3. The molecule has 2 heterocycles. The average molecular weight is 416 g/mol. The van der Waals surface area contributed by atoms with Gasteiger partial charge in [-0.1, -0.05) is 30.7 Å². The maximum Gasteiger partial charge on any atom is 0.191 e. The van der Waals surface area contributed by atoms with Gasteiger partial charge in [-0.2, -0.15) is 0 Å². The van der Waals surface area contributed by atoms with E-state index in [2.05, 4.69) is 63.5 Å². The summed E-state index contributed by atoms with van der Waals surface area (Å²) in [4.78, 5) is 9.57. The van der Waals surface area contributed by atoms with Crippen LogP contribution in [0.5, 0.6) is 0 Å². The molecule has 0 radical (unpaired) electrons. The third-order valence-corrected chi connectivity index (χ3v) is 6.34. The molecule has 0 amide bonds. The quantitative estimate of drug-likeness (QED) is 0.328. The lowest BCUT2D eigenvalue weighted by atomic mass is 10.00. The molecule has 0 aliphatic carbocycles. The first-order chi connectivity index (χ1) is 14.7. The summed E-state index contributed by atoms with van der Waals surface area (Å²) in [5.74, 6) is 0.812. The van der Waals surface area contributed by atoms with Gasteiger partial charge in [0.2, 0.25) is 0 Å². The van der Waals surface area contributed by atoms with E-state index in [4.69, 9.17) is 0 Å². The van der Waals surface area contributed by atoms with Crippen LogP contribution >= 0.6 is 0 Å². The summed E-state index contributed by atoms with van der Waals surface area (Å²) in [6.07, 6.45) is 5.77. The molecular weight excluding hydrogens is 374 g/mol. The number of nitrogens with zero attached hydrogens (tertiary/aromatic N) is 3. The van der Waals surface area contributed by atoms with E-state index >= 15 is 0 Å². The molecule has 2 unspecified atom stereocenters. The highest BCUT2D eigenvalue weighted by atomic mass is 16.3. The van der Waals surface area contributed by atoms with Crippen LogP contribution in [0.2, 0.25) is 0 Å². The van der Waals surface area contributed by atoms with Gasteiger partial charge in [0.1, 0.15) is 0 Å². The van der Waals surface area contributed by atoms with E-state index in [1.807, 2.05) is 0 Å². The lowest BCUT2D eigenvalue weighted by molar-refractivity contribution is 0.111. The van der Waals surface area contributed by atoms with Gasteiger partial charge in [0.25, 0.3) is 0 Å². The minimum Gasteiger partial charge on any atom is -0.390 e. The molecule has 2 atom stereocenters. The molecule has 1 aromatic rings. The van der Waals surface area contributed by atoms with Crippen molar-refractivity contribution >= 4 is 5.96 Å². The predicted molar refractivity (Wildman–Crippen MR) is 125 cm³/mol. The SMILES string of the molecule is CCNC(=NCC(O)CN1CCc2ccccc2C1)NCCCN1CCCCC1C. The molecular formula is C24H41N5O. The van der Waals surface area contributed by atoms with E-state index in [-0.39, 0.29) is 0 Å². The third kappa shape index (κ3) is 7.25. The van der Waals surface area contributed by atoms with Crippen molar-refractivity contribution in [3.63, 3.8) is 0 Å². The number of nitrogens with one attached hydrogen (secondary N) is 2. The fourth-order valence-corrected chi connectivity index (χ4v) is 4.58. The summed E-state index contributed by atoms with van der Waals surface area (Å²) in [6.45, 7) is 11.6. The van der Waals surface area contributed by atoms with Crippen molar-refractivity contribution in [3.8, 4) is 0 Å². The molecule has 3 N–H and O–H groups in total. The van der Waals surface area contributed by atoms with Gasteiger partial charge in [0.15, 0.2) is 5.96 Å². The van der Waals surface area contributed by atoms with E-state index < -0.39 is 6.10 Å². The van der Waals surface area contributed by atoms with Gasteiger partial charge >= 0.3 is 0 Å². The molecule has 3 rings (SSSR count). The van der Waals surface area contributed by atoms with E-state index in [9.17, 15) is 5.11 Å². The Bertz CT molecular complexity index is 665. The zero-order valence-corrected chi connectivity index (χ0v) is 18.9. The minimum absolute atomic E-state index is 0.427. The van der Waals surface area contributed by atoms with Crippen LogP contribution in [-0.4, -0.2) is 78.8 Å². The van der Waals surface area contributed by atoms with E-state index in [0.29, 0.717) is 13.1 Å². The maximum absolute atomic E-state index is 10.5. The molecule has 6 nitrogen and oxygen atoms in total. The number of fused-ring (bicyclic) bond motifs is 1. The highest BCUT2D eigenvalue weighted by Crippen LogP contribution is 2.18. The van der Waals surface area contributed by atoms with E-state index in [1.54, 1.807) is 0 Å². The largest absolute Gasteiger partial charge is 0.390 e. The van der Waals surface area contributed by atoms with Gasteiger partial charge in [0, 0.05) is 45.3 Å². The lowest BCUT2D eigenvalue weighted by Gasteiger charge is -2.33. The molecule has 1 fully saturated rings.